The maximum atomic E-state index is 10.8. The molecule has 0 radical (unpaired) electrons. The number of aliphatic carboxylic acids is 3. The van der Waals surface area contributed by atoms with Gasteiger partial charge in [-0.25, -0.2) is 4.79 Å². The molecule has 160 valence electrons. The number of rotatable bonds is 9. The molecule has 1 amide bonds. The number of carbonyl (C=O) groups excluding carboxylic acids is 1. The quantitative estimate of drug-likeness (QED) is 0.253. The van der Waals surface area contributed by atoms with Gasteiger partial charge in [0.1, 0.15) is 12.1 Å². The Kier molecular flexibility index (Phi) is 18.8. The van der Waals surface area contributed by atoms with Gasteiger partial charge in [0.15, 0.2) is 0 Å². The molecule has 0 aromatic rings. The molecule has 0 saturated heterocycles. The van der Waals surface area contributed by atoms with Crippen molar-refractivity contribution in [2.24, 2.45) is 29.0 Å². The lowest BCUT2D eigenvalue weighted by molar-refractivity contribution is -0.142. The van der Waals surface area contributed by atoms with Gasteiger partial charge in [-0.1, -0.05) is 27.7 Å². The van der Waals surface area contributed by atoms with Crippen LogP contribution in [0.3, 0.4) is 0 Å². The van der Waals surface area contributed by atoms with Crippen molar-refractivity contribution in [3.05, 3.63) is 0 Å². The summed E-state index contributed by atoms with van der Waals surface area (Å²) in [5, 5.41) is 26.9. The second kappa shape index (κ2) is 17.2. The van der Waals surface area contributed by atoms with Crippen LogP contribution in [0.2, 0.25) is 0 Å². The van der Waals surface area contributed by atoms with Crippen LogP contribution in [0.4, 0.5) is 0 Å². The molecule has 0 rings (SSSR count). The molecule has 2 unspecified atom stereocenters. The predicted octanol–water partition coefficient (Wildman–Crippen LogP) is -0.965. The molecule has 0 aromatic heterocycles. The highest BCUT2D eigenvalue weighted by molar-refractivity contribution is 5.84. The molecule has 0 aliphatic carbocycles. The monoisotopic (exact) mass is 394 g/mol. The summed E-state index contributed by atoms with van der Waals surface area (Å²) in [4.78, 5) is 40.8. The van der Waals surface area contributed by atoms with Crippen molar-refractivity contribution < 1.29 is 34.5 Å². The van der Waals surface area contributed by atoms with Gasteiger partial charge in [-0.3, -0.25) is 14.4 Å². The van der Waals surface area contributed by atoms with Crippen LogP contribution in [-0.2, 0) is 19.2 Å². The molecule has 11 nitrogen and oxygen atoms in total. The van der Waals surface area contributed by atoms with E-state index >= 15 is 0 Å². The van der Waals surface area contributed by atoms with E-state index < -0.39 is 35.9 Å². The normalized spacial score (nSPS) is 12.0. The zero-order valence-electron chi connectivity index (χ0n) is 16.3. The van der Waals surface area contributed by atoms with Crippen LogP contribution in [0.15, 0.2) is 0 Å². The number of hydrogen-bond acceptors (Lipinski definition) is 7. The molecule has 0 fully saturated rings. The molecule has 0 aliphatic rings. The molecule has 0 spiro atoms. The molecule has 0 aliphatic heterocycles. The standard InChI is InChI=1S/C8H16N2O3.C6H13NO2.C2H5NO2/c1-5(2)3-6(8(12)13)10-7(11)4-9;1-4(2)3-5(7)6(8)9;3-1-2(4)5/h5-6H,3-4,9H2,1-2H3,(H,10,11)(H,12,13);4-5H,3,7H2,1-2H3,(H,8,9);1,3H2,(H,4,5). The summed E-state index contributed by atoms with van der Waals surface area (Å²) in [7, 11) is 0. The van der Waals surface area contributed by atoms with Crippen LogP contribution in [0.25, 0.3) is 0 Å². The lowest BCUT2D eigenvalue weighted by atomic mass is 10.0. The molecule has 2 atom stereocenters. The topological polar surface area (TPSA) is 219 Å². The maximum absolute atomic E-state index is 10.8. The van der Waals surface area contributed by atoms with Gasteiger partial charge in [0.05, 0.1) is 13.1 Å². The Balaban J connectivity index is -0.000000356. The molecule has 27 heavy (non-hydrogen) atoms. The third-order valence-corrected chi connectivity index (χ3v) is 2.74. The van der Waals surface area contributed by atoms with Crippen LogP contribution < -0.4 is 22.5 Å². The highest BCUT2D eigenvalue weighted by Crippen LogP contribution is 2.04. The van der Waals surface area contributed by atoms with E-state index in [9.17, 15) is 19.2 Å². The smallest absolute Gasteiger partial charge is 0.326 e. The Labute approximate surface area is 159 Å². The average Bonchev–Trinajstić information content (AvgIpc) is 2.53. The van der Waals surface area contributed by atoms with E-state index in [0.717, 1.165) is 0 Å². The van der Waals surface area contributed by atoms with Gasteiger partial charge in [0.2, 0.25) is 5.91 Å². The minimum Gasteiger partial charge on any atom is -0.480 e. The number of amides is 1. The first-order valence-corrected chi connectivity index (χ1v) is 8.40. The first-order chi connectivity index (χ1) is 12.3. The third kappa shape index (κ3) is 23.8. The van der Waals surface area contributed by atoms with E-state index in [1.807, 2.05) is 27.7 Å². The largest absolute Gasteiger partial charge is 0.480 e. The summed E-state index contributed by atoms with van der Waals surface area (Å²) in [5.41, 5.74) is 14.8. The predicted molar refractivity (Wildman–Crippen MR) is 99.8 cm³/mol. The number of carboxylic acid groups (broad SMARTS) is 3. The van der Waals surface area contributed by atoms with Gasteiger partial charge >= 0.3 is 17.9 Å². The average molecular weight is 394 g/mol. The summed E-state index contributed by atoms with van der Waals surface area (Å²) >= 11 is 0. The Morgan fingerprint density at radius 2 is 1.22 bits per heavy atom. The number of nitrogens with two attached hydrogens (primary N) is 3. The van der Waals surface area contributed by atoms with Gasteiger partial charge in [-0.15, -0.1) is 0 Å². The van der Waals surface area contributed by atoms with Gasteiger partial charge < -0.3 is 37.8 Å². The summed E-state index contributed by atoms with van der Waals surface area (Å²) in [5.74, 6) is -2.76. The van der Waals surface area contributed by atoms with Gasteiger partial charge in [-0.2, -0.15) is 0 Å². The number of hydrogen-bond donors (Lipinski definition) is 7. The fourth-order valence-corrected chi connectivity index (χ4v) is 1.55. The molecular weight excluding hydrogens is 360 g/mol. The van der Waals surface area contributed by atoms with Crippen LogP contribution in [0, 0.1) is 11.8 Å². The van der Waals surface area contributed by atoms with Gasteiger partial charge in [0, 0.05) is 0 Å². The van der Waals surface area contributed by atoms with E-state index in [1.54, 1.807) is 0 Å². The Morgan fingerprint density at radius 3 is 1.41 bits per heavy atom. The van der Waals surface area contributed by atoms with Crippen LogP contribution in [-0.4, -0.2) is 64.3 Å². The van der Waals surface area contributed by atoms with Gasteiger partial charge in [0.25, 0.3) is 0 Å². The zero-order chi connectivity index (χ0) is 22.2. The molecule has 11 heteroatoms. The van der Waals surface area contributed by atoms with Crippen LogP contribution in [0.1, 0.15) is 40.5 Å². The first-order valence-electron chi connectivity index (χ1n) is 8.40. The lowest BCUT2D eigenvalue weighted by Crippen LogP contribution is -2.44. The second-order valence-corrected chi connectivity index (χ2v) is 6.46. The van der Waals surface area contributed by atoms with Crippen molar-refractivity contribution in [1.29, 1.82) is 0 Å². The Bertz CT molecular complexity index is 456. The Morgan fingerprint density at radius 1 is 0.815 bits per heavy atom. The SMILES string of the molecule is CC(C)CC(N)C(=O)O.CC(C)CC(NC(=O)CN)C(=O)O.NCC(=O)O. The third-order valence-electron chi connectivity index (χ3n) is 2.74. The maximum Gasteiger partial charge on any atom is 0.326 e. The first kappa shape index (κ1) is 29.5. The second-order valence-electron chi connectivity index (χ2n) is 6.46. The van der Waals surface area contributed by atoms with Crippen molar-refractivity contribution in [3.8, 4) is 0 Å². The minimum atomic E-state index is -1.02. The van der Waals surface area contributed by atoms with Crippen molar-refractivity contribution in [3.63, 3.8) is 0 Å². The van der Waals surface area contributed by atoms with Crippen molar-refractivity contribution in [1.82, 2.24) is 5.32 Å². The van der Waals surface area contributed by atoms with Gasteiger partial charge in [-0.05, 0) is 24.7 Å². The zero-order valence-corrected chi connectivity index (χ0v) is 16.3. The molecular formula is C16H34N4O7. The fourth-order valence-electron chi connectivity index (χ4n) is 1.55. The van der Waals surface area contributed by atoms with E-state index in [1.165, 1.54) is 0 Å². The molecule has 0 saturated carbocycles. The summed E-state index contributed by atoms with van der Waals surface area (Å²) in [6, 6.07) is -1.51. The number of nitrogens with one attached hydrogen (secondary N) is 1. The lowest BCUT2D eigenvalue weighted by Gasteiger charge is -2.15. The summed E-state index contributed by atoms with van der Waals surface area (Å²) in [6.07, 6.45) is 0.969. The van der Waals surface area contributed by atoms with E-state index in [0.29, 0.717) is 18.8 Å². The molecule has 10 N–H and O–H groups in total. The van der Waals surface area contributed by atoms with E-state index in [2.05, 4.69) is 11.1 Å². The number of carbonyl (C=O) groups is 4. The summed E-state index contributed by atoms with van der Waals surface area (Å²) in [6.45, 7) is 7.22. The highest BCUT2D eigenvalue weighted by atomic mass is 16.4. The van der Waals surface area contributed by atoms with Crippen molar-refractivity contribution >= 4 is 23.8 Å². The fraction of sp³-hybridized carbons (Fsp3) is 0.750. The highest BCUT2D eigenvalue weighted by Gasteiger charge is 2.20. The van der Waals surface area contributed by atoms with E-state index in [-0.39, 0.29) is 19.0 Å². The summed E-state index contributed by atoms with van der Waals surface area (Å²) < 4.78 is 0. The van der Waals surface area contributed by atoms with Crippen LogP contribution in [0.5, 0.6) is 0 Å². The molecule has 0 aromatic carbocycles. The molecule has 0 bridgehead atoms. The molecule has 0 heterocycles. The van der Waals surface area contributed by atoms with E-state index in [4.69, 9.17) is 26.8 Å². The Hall–Kier alpha value is -2.24. The van der Waals surface area contributed by atoms with Crippen molar-refractivity contribution in [2.45, 2.75) is 52.6 Å². The number of carboxylic acids is 3. The van der Waals surface area contributed by atoms with Crippen LogP contribution >= 0.6 is 0 Å². The minimum absolute atomic E-state index is 0.179. The van der Waals surface area contributed by atoms with Crippen molar-refractivity contribution in [2.75, 3.05) is 13.1 Å².